The molecule has 0 saturated carbocycles. The van der Waals surface area contributed by atoms with Gasteiger partial charge in [0.1, 0.15) is 17.8 Å². The predicted octanol–water partition coefficient (Wildman–Crippen LogP) is 2.13. The van der Waals surface area contributed by atoms with Gasteiger partial charge in [0.2, 0.25) is 5.91 Å². The average Bonchev–Trinajstić information content (AvgIpc) is 2.67. The molecule has 0 unspecified atom stereocenters. The second-order valence-electron chi connectivity index (χ2n) is 6.46. The van der Waals surface area contributed by atoms with Crippen molar-refractivity contribution in [3.63, 3.8) is 0 Å². The zero-order valence-electron chi connectivity index (χ0n) is 14.8. The number of benzene rings is 1. The van der Waals surface area contributed by atoms with Gasteiger partial charge in [0.05, 0.1) is 5.56 Å². The summed E-state index contributed by atoms with van der Waals surface area (Å²) in [6.45, 7) is 5.28. The SMILES string of the molecule is Cc1ccc(CN2CCN(C(=O)c3ccc(C#N)nc3)[C@H](C)C2=O)cc1. The number of piperazine rings is 1. The van der Waals surface area contributed by atoms with Gasteiger partial charge in [-0.15, -0.1) is 0 Å². The Kier molecular flexibility index (Phi) is 4.99. The summed E-state index contributed by atoms with van der Waals surface area (Å²) >= 11 is 0. The van der Waals surface area contributed by atoms with Gasteiger partial charge < -0.3 is 9.80 Å². The van der Waals surface area contributed by atoms with E-state index in [1.807, 2.05) is 37.3 Å². The number of amides is 2. The van der Waals surface area contributed by atoms with Crippen molar-refractivity contribution in [1.29, 1.82) is 5.26 Å². The Morgan fingerprint density at radius 2 is 1.96 bits per heavy atom. The van der Waals surface area contributed by atoms with Crippen molar-refractivity contribution in [1.82, 2.24) is 14.8 Å². The summed E-state index contributed by atoms with van der Waals surface area (Å²) in [4.78, 5) is 32.7. The molecule has 1 atom stereocenters. The van der Waals surface area contributed by atoms with Gasteiger partial charge in [0.25, 0.3) is 5.91 Å². The first-order chi connectivity index (χ1) is 12.5. The lowest BCUT2D eigenvalue weighted by Gasteiger charge is -2.39. The first kappa shape index (κ1) is 17.6. The molecule has 1 aromatic heterocycles. The van der Waals surface area contributed by atoms with E-state index in [4.69, 9.17) is 5.26 Å². The van der Waals surface area contributed by atoms with Crippen molar-refractivity contribution in [2.24, 2.45) is 0 Å². The first-order valence-corrected chi connectivity index (χ1v) is 8.51. The molecule has 6 nitrogen and oxygen atoms in total. The molecule has 0 aliphatic carbocycles. The van der Waals surface area contributed by atoms with E-state index >= 15 is 0 Å². The third-order valence-electron chi connectivity index (χ3n) is 4.63. The third kappa shape index (κ3) is 3.57. The van der Waals surface area contributed by atoms with Crippen LogP contribution in [0.25, 0.3) is 0 Å². The fourth-order valence-electron chi connectivity index (χ4n) is 3.03. The van der Waals surface area contributed by atoms with Gasteiger partial charge in [0, 0.05) is 25.8 Å². The molecule has 2 aromatic rings. The van der Waals surface area contributed by atoms with Crippen LogP contribution in [0.4, 0.5) is 0 Å². The number of carbonyl (C=O) groups is 2. The van der Waals surface area contributed by atoms with Crippen molar-refractivity contribution >= 4 is 11.8 Å². The summed E-state index contributed by atoms with van der Waals surface area (Å²) < 4.78 is 0. The standard InChI is InChI=1S/C20H20N4O2/c1-14-3-5-16(6-4-14)13-23-9-10-24(15(2)19(23)25)20(26)17-7-8-18(11-21)22-12-17/h3-8,12,15H,9-10,13H2,1-2H3/t15-/m1/s1. The highest BCUT2D eigenvalue weighted by atomic mass is 16.2. The maximum absolute atomic E-state index is 12.7. The lowest BCUT2D eigenvalue weighted by molar-refractivity contribution is -0.140. The van der Waals surface area contributed by atoms with Crippen LogP contribution in [0.15, 0.2) is 42.6 Å². The van der Waals surface area contributed by atoms with E-state index in [9.17, 15) is 9.59 Å². The molecule has 132 valence electrons. The molecule has 26 heavy (non-hydrogen) atoms. The molecule has 1 aliphatic rings. The molecule has 1 aromatic carbocycles. The monoisotopic (exact) mass is 348 g/mol. The summed E-state index contributed by atoms with van der Waals surface area (Å²) in [6, 6.07) is 12.6. The Labute approximate surface area is 152 Å². The van der Waals surface area contributed by atoms with Gasteiger partial charge >= 0.3 is 0 Å². The highest BCUT2D eigenvalue weighted by Crippen LogP contribution is 2.17. The topological polar surface area (TPSA) is 77.3 Å². The van der Waals surface area contributed by atoms with Crippen molar-refractivity contribution in [3.05, 3.63) is 65.0 Å². The van der Waals surface area contributed by atoms with E-state index in [-0.39, 0.29) is 17.5 Å². The first-order valence-electron chi connectivity index (χ1n) is 8.51. The second kappa shape index (κ2) is 7.36. The lowest BCUT2D eigenvalue weighted by Crippen LogP contribution is -2.57. The summed E-state index contributed by atoms with van der Waals surface area (Å²) in [5.41, 5.74) is 2.90. The average molecular weight is 348 g/mol. The van der Waals surface area contributed by atoms with E-state index in [0.29, 0.717) is 25.2 Å². The van der Waals surface area contributed by atoms with Gasteiger partial charge in [-0.05, 0) is 31.5 Å². The Hall–Kier alpha value is -3.20. The van der Waals surface area contributed by atoms with Gasteiger partial charge in [-0.3, -0.25) is 9.59 Å². The van der Waals surface area contributed by atoms with Gasteiger partial charge in [-0.25, -0.2) is 4.98 Å². The van der Waals surface area contributed by atoms with Crippen LogP contribution in [0.3, 0.4) is 0 Å². The zero-order chi connectivity index (χ0) is 18.7. The van der Waals surface area contributed by atoms with Gasteiger partial charge in [-0.1, -0.05) is 29.8 Å². The quantitative estimate of drug-likeness (QED) is 0.851. The molecule has 0 spiro atoms. The molecule has 0 bridgehead atoms. The summed E-state index contributed by atoms with van der Waals surface area (Å²) in [6.07, 6.45) is 1.39. The Balaban J connectivity index is 1.69. The van der Waals surface area contributed by atoms with Crippen molar-refractivity contribution in [2.45, 2.75) is 26.4 Å². The molecular weight excluding hydrogens is 328 g/mol. The Morgan fingerprint density at radius 1 is 1.23 bits per heavy atom. The van der Waals surface area contributed by atoms with Crippen LogP contribution in [-0.2, 0) is 11.3 Å². The summed E-state index contributed by atoms with van der Waals surface area (Å²) in [5, 5.41) is 8.80. The van der Waals surface area contributed by atoms with E-state index in [1.165, 1.54) is 17.8 Å². The van der Waals surface area contributed by atoms with Crippen molar-refractivity contribution in [3.8, 4) is 6.07 Å². The number of nitriles is 1. The lowest BCUT2D eigenvalue weighted by atomic mass is 10.1. The number of pyridine rings is 1. The number of hydrogen-bond acceptors (Lipinski definition) is 4. The second-order valence-corrected chi connectivity index (χ2v) is 6.46. The summed E-state index contributed by atoms with van der Waals surface area (Å²) in [7, 11) is 0. The van der Waals surface area contributed by atoms with E-state index < -0.39 is 6.04 Å². The van der Waals surface area contributed by atoms with Crippen LogP contribution < -0.4 is 0 Å². The molecule has 1 fully saturated rings. The highest BCUT2D eigenvalue weighted by Gasteiger charge is 2.34. The number of rotatable bonds is 3. The zero-order valence-corrected chi connectivity index (χ0v) is 14.8. The van der Waals surface area contributed by atoms with Crippen LogP contribution >= 0.6 is 0 Å². The number of carbonyl (C=O) groups excluding carboxylic acids is 2. The maximum Gasteiger partial charge on any atom is 0.256 e. The van der Waals surface area contributed by atoms with E-state index in [1.54, 1.807) is 22.8 Å². The number of nitrogens with zero attached hydrogens (tertiary/aromatic N) is 4. The molecule has 6 heteroatoms. The van der Waals surface area contributed by atoms with Gasteiger partial charge in [-0.2, -0.15) is 5.26 Å². The minimum atomic E-state index is -0.530. The number of hydrogen-bond donors (Lipinski definition) is 0. The van der Waals surface area contributed by atoms with E-state index in [0.717, 1.165) is 5.56 Å². The molecule has 2 heterocycles. The smallest absolute Gasteiger partial charge is 0.256 e. The van der Waals surface area contributed by atoms with Crippen LogP contribution in [0.2, 0.25) is 0 Å². The molecule has 1 aliphatic heterocycles. The molecule has 0 radical (unpaired) electrons. The molecular formula is C20H20N4O2. The fourth-order valence-corrected chi connectivity index (χ4v) is 3.03. The van der Waals surface area contributed by atoms with Crippen molar-refractivity contribution in [2.75, 3.05) is 13.1 Å². The third-order valence-corrected chi connectivity index (χ3v) is 4.63. The van der Waals surface area contributed by atoms with Crippen LogP contribution in [0, 0.1) is 18.3 Å². The molecule has 0 N–H and O–H groups in total. The normalized spacial score (nSPS) is 17.1. The summed E-state index contributed by atoms with van der Waals surface area (Å²) in [5.74, 6) is -0.301. The largest absolute Gasteiger partial charge is 0.335 e. The molecule has 2 amide bonds. The van der Waals surface area contributed by atoms with Crippen LogP contribution in [-0.4, -0.2) is 45.7 Å². The minimum absolute atomic E-state index is 0.0632. The molecule has 1 saturated heterocycles. The minimum Gasteiger partial charge on any atom is -0.335 e. The van der Waals surface area contributed by atoms with E-state index in [2.05, 4.69) is 4.98 Å². The van der Waals surface area contributed by atoms with Crippen LogP contribution in [0.1, 0.15) is 34.1 Å². The highest BCUT2D eigenvalue weighted by molar-refractivity contribution is 5.97. The molecule has 3 rings (SSSR count). The predicted molar refractivity (Wildman–Crippen MR) is 96.0 cm³/mol. The number of aryl methyl sites for hydroxylation is 1. The van der Waals surface area contributed by atoms with Crippen LogP contribution in [0.5, 0.6) is 0 Å². The maximum atomic E-state index is 12.7. The van der Waals surface area contributed by atoms with Crippen molar-refractivity contribution < 1.29 is 9.59 Å². The Morgan fingerprint density at radius 3 is 2.58 bits per heavy atom. The number of aromatic nitrogens is 1. The fraction of sp³-hybridized carbons (Fsp3) is 0.300. The van der Waals surface area contributed by atoms with Gasteiger partial charge in [0.15, 0.2) is 0 Å². The Bertz CT molecular complexity index is 853.